The summed E-state index contributed by atoms with van der Waals surface area (Å²) >= 11 is 1.37. The zero-order chi connectivity index (χ0) is 17.6. The summed E-state index contributed by atoms with van der Waals surface area (Å²) < 4.78 is 5.10. The quantitative estimate of drug-likeness (QED) is 0.407. The van der Waals surface area contributed by atoms with Crippen molar-refractivity contribution >= 4 is 28.4 Å². The number of nitro benzene ring substituents is 1. The second-order valence-corrected chi connectivity index (χ2v) is 5.85. The lowest BCUT2D eigenvalue weighted by molar-refractivity contribution is -0.384. The van der Waals surface area contributed by atoms with Crippen molar-refractivity contribution < 1.29 is 9.66 Å². The monoisotopic (exact) mass is 354 g/mol. The molecule has 7 nitrogen and oxygen atoms in total. The van der Waals surface area contributed by atoms with Gasteiger partial charge >= 0.3 is 0 Å². The molecule has 8 heteroatoms. The van der Waals surface area contributed by atoms with E-state index in [1.807, 2.05) is 29.6 Å². The maximum atomic E-state index is 10.9. The van der Waals surface area contributed by atoms with Crippen LogP contribution in [0.2, 0.25) is 0 Å². The molecule has 0 spiro atoms. The highest BCUT2D eigenvalue weighted by Gasteiger charge is 2.09. The van der Waals surface area contributed by atoms with E-state index in [9.17, 15) is 10.1 Å². The molecule has 0 aliphatic heterocycles. The summed E-state index contributed by atoms with van der Waals surface area (Å²) in [7, 11) is 1.62. The lowest BCUT2D eigenvalue weighted by atomic mass is 10.1. The first-order chi connectivity index (χ1) is 12.2. The largest absolute Gasteiger partial charge is 0.497 e. The fourth-order valence-electron chi connectivity index (χ4n) is 2.09. The van der Waals surface area contributed by atoms with Crippen LogP contribution in [-0.4, -0.2) is 23.2 Å². The molecule has 0 saturated heterocycles. The third kappa shape index (κ3) is 4.18. The molecular formula is C17H14N4O3S. The summed E-state index contributed by atoms with van der Waals surface area (Å²) in [5.41, 5.74) is 5.18. The minimum atomic E-state index is -0.422. The smallest absolute Gasteiger partial charge is 0.270 e. The highest BCUT2D eigenvalue weighted by molar-refractivity contribution is 7.14. The number of rotatable bonds is 6. The van der Waals surface area contributed by atoms with Crippen molar-refractivity contribution in [3.8, 4) is 17.0 Å². The van der Waals surface area contributed by atoms with Crippen LogP contribution >= 0.6 is 11.3 Å². The van der Waals surface area contributed by atoms with Crippen LogP contribution < -0.4 is 10.2 Å². The van der Waals surface area contributed by atoms with E-state index in [1.54, 1.807) is 25.5 Å². The van der Waals surface area contributed by atoms with Crippen molar-refractivity contribution in [1.82, 2.24) is 4.98 Å². The van der Waals surface area contributed by atoms with Crippen molar-refractivity contribution in [3.63, 3.8) is 0 Å². The summed E-state index contributed by atoms with van der Waals surface area (Å²) in [6.07, 6.45) is 1.67. The Morgan fingerprint density at radius 1 is 1.28 bits per heavy atom. The summed E-state index contributed by atoms with van der Waals surface area (Å²) in [6, 6.07) is 13.9. The number of hydrogen-bond acceptors (Lipinski definition) is 7. The standard InChI is InChI=1S/C17H14N4O3S/c1-24-15-7-5-12(6-8-15)10-18-20-17-19-16(11-25-17)13-3-2-4-14(9-13)21(22)23/h2-11H,1H3,(H,19,20)/b18-10-. The first-order valence-electron chi connectivity index (χ1n) is 7.29. The minimum absolute atomic E-state index is 0.0394. The molecule has 126 valence electrons. The van der Waals surface area contributed by atoms with Crippen molar-refractivity contribution in [2.24, 2.45) is 5.10 Å². The van der Waals surface area contributed by atoms with Gasteiger partial charge in [0, 0.05) is 23.1 Å². The third-order valence-corrected chi connectivity index (χ3v) is 4.09. The topological polar surface area (TPSA) is 89.7 Å². The average Bonchev–Trinajstić information content (AvgIpc) is 3.11. The van der Waals surface area contributed by atoms with E-state index >= 15 is 0 Å². The van der Waals surface area contributed by atoms with Crippen molar-refractivity contribution in [3.05, 3.63) is 69.6 Å². The molecule has 3 rings (SSSR count). The number of benzene rings is 2. The molecule has 0 fully saturated rings. The molecule has 2 aromatic carbocycles. The Morgan fingerprint density at radius 2 is 2.08 bits per heavy atom. The van der Waals surface area contributed by atoms with E-state index in [1.165, 1.54) is 23.5 Å². The Balaban J connectivity index is 1.68. The maximum absolute atomic E-state index is 10.9. The van der Waals surface area contributed by atoms with Gasteiger partial charge in [0.2, 0.25) is 5.13 Å². The molecule has 0 aliphatic rings. The van der Waals surface area contributed by atoms with Gasteiger partial charge in [0.05, 0.1) is 23.9 Å². The zero-order valence-corrected chi connectivity index (χ0v) is 14.1. The van der Waals surface area contributed by atoms with Gasteiger partial charge < -0.3 is 4.74 Å². The predicted molar refractivity (Wildman–Crippen MR) is 98.4 cm³/mol. The van der Waals surface area contributed by atoms with Crippen LogP contribution in [-0.2, 0) is 0 Å². The van der Waals surface area contributed by atoms with E-state index in [0.29, 0.717) is 16.4 Å². The fourth-order valence-corrected chi connectivity index (χ4v) is 2.76. The first kappa shape index (κ1) is 16.6. The van der Waals surface area contributed by atoms with Gasteiger partial charge in [0.15, 0.2) is 0 Å². The average molecular weight is 354 g/mol. The van der Waals surface area contributed by atoms with Crippen LogP contribution in [0, 0.1) is 10.1 Å². The second-order valence-electron chi connectivity index (χ2n) is 4.99. The number of nitrogens with zero attached hydrogens (tertiary/aromatic N) is 3. The number of non-ortho nitro benzene ring substituents is 1. The van der Waals surface area contributed by atoms with E-state index in [0.717, 1.165) is 11.3 Å². The molecule has 25 heavy (non-hydrogen) atoms. The van der Waals surface area contributed by atoms with E-state index in [4.69, 9.17) is 4.74 Å². The number of thiazole rings is 1. The molecule has 0 saturated carbocycles. The van der Waals surface area contributed by atoms with Gasteiger partial charge in [-0.25, -0.2) is 4.98 Å². The highest BCUT2D eigenvalue weighted by atomic mass is 32.1. The third-order valence-electron chi connectivity index (χ3n) is 3.35. The molecular weight excluding hydrogens is 340 g/mol. The normalized spacial score (nSPS) is 10.8. The van der Waals surface area contributed by atoms with Gasteiger partial charge in [-0.05, 0) is 29.8 Å². The van der Waals surface area contributed by atoms with Crippen LogP contribution in [0.4, 0.5) is 10.8 Å². The van der Waals surface area contributed by atoms with E-state index < -0.39 is 4.92 Å². The number of methoxy groups -OCH3 is 1. The number of aromatic nitrogens is 1. The van der Waals surface area contributed by atoms with Gasteiger partial charge in [-0.15, -0.1) is 11.3 Å². The molecule has 0 radical (unpaired) electrons. The molecule has 1 N–H and O–H groups in total. The second kappa shape index (κ2) is 7.54. The Bertz CT molecular complexity index is 906. The fraction of sp³-hybridized carbons (Fsp3) is 0.0588. The Hall–Kier alpha value is -3.26. The van der Waals surface area contributed by atoms with Crippen LogP contribution in [0.1, 0.15) is 5.56 Å². The van der Waals surface area contributed by atoms with Gasteiger partial charge in [-0.2, -0.15) is 5.10 Å². The van der Waals surface area contributed by atoms with Crippen molar-refractivity contribution in [2.45, 2.75) is 0 Å². The van der Waals surface area contributed by atoms with Gasteiger partial charge in [0.25, 0.3) is 5.69 Å². The van der Waals surface area contributed by atoms with Gasteiger partial charge in [0.1, 0.15) is 5.75 Å². The lowest BCUT2D eigenvalue weighted by Crippen LogP contribution is -1.91. The SMILES string of the molecule is COc1ccc(/C=N\Nc2nc(-c3cccc([N+](=O)[O-])c3)cs2)cc1. The molecule has 0 bridgehead atoms. The molecule has 1 aromatic heterocycles. The predicted octanol–water partition coefficient (Wildman–Crippen LogP) is 4.17. The Kier molecular flexibility index (Phi) is 5.00. The zero-order valence-electron chi connectivity index (χ0n) is 13.2. The number of nitrogens with one attached hydrogen (secondary N) is 1. The molecule has 0 amide bonds. The Morgan fingerprint density at radius 3 is 2.80 bits per heavy atom. The molecule has 0 atom stereocenters. The summed E-state index contributed by atoms with van der Waals surface area (Å²) in [4.78, 5) is 14.8. The van der Waals surface area contributed by atoms with Crippen LogP contribution in [0.25, 0.3) is 11.3 Å². The number of nitro groups is 1. The Labute approximate surface area is 147 Å². The molecule has 3 aromatic rings. The molecule has 0 aliphatic carbocycles. The lowest BCUT2D eigenvalue weighted by Gasteiger charge is -1.99. The number of hydrogen-bond donors (Lipinski definition) is 1. The first-order valence-corrected chi connectivity index (χ1v) is 8.17. The highest BCUT2D eigenvalue weighted by Crippen LogP contribution is 2.27. The molecule has 1 heterocycles. The van der Waals surface area contributed by atoms with Crippen molar-refractivity contribution in [1.29, 1.82) is 0 Å². The number of ether oxygens (including phenoxy) is 1. The number of hydrazone groups is 1. The summed E-state index contributed by atoms with van der Waals surface area (Å²) in [6.45, 7) is 0. The maximum Gasteiger partial charge on any atom is 0.270 e. The van der Waals surface area contributed by atoms with Crippen LogP contribution in [0.15, 0.2) is 59.0 Å². The van der Waals surface area contributed by atoms with Gasteiger partial charge in [-0.1, -0.05) is 12.1 Å². The van der Waals surface area contributed by atoms with Gasteiger partial charge in [-0.3, -0.25) is 15.5 Å². The summed E-state index contributed by atoms with van der Waals surface area (Å²) in [5, 5.41) is 17.4. The number of anilines is 1. The van der Waals surface area contributed by atoms with Crippen LogP contribution in [0.5, 0.6) is 5.75 Å². The minimum Gasteiger partial charge on any atom is -0.497 e. The van der Waals surface area contributed by atoms with Crippen molar-refractivity contribution in [2.75, 3.05) is 12.5 Å². The van der Waals surface area contributed by atoms with Crippen LogP contribution in [0.3, 0.4) is 0 Å². The van der Waals surface area contributed by atoms with E-state index in [2.05, 4.69) is 15.5 Å². The molecule has 0 unspecified atom stereocenters. The summed E-state index contributed by atoms with van der Waals surface area (Å²) in [5.74, 6) is 0.784. The van der Waals surface area contributed by atoms with E-state index in [-0.39, 0.29) is 5.69 Å².